The van der Waals surface area contributed by atoms with Crippen LogP contribution in [0, 0.1) is 3.57 Å². The normalized spacial score (nSPS) is 9.73. The zero-order valence-electron chi connectivity index (χ0n) is 8.20. The van der Waals surface area contributed by atoms with Gasteiger partial charge in [-0.25, -0.2) is 0 Å². The quantitative estimate of drug-likeness (QED) is 0.483. The van der Waals surface area contributed by atoms with Gasteiger partial charge in [-0.1, -0.05) is 0 Å². The van der Waals surface area contributed by atoms with E-state index in [-0.39, 0.29) is 24.6 Å². The molecule has 0 atom stereocenters. The maximum atomic E-state index is 11.5. The Labute approximate surface area is 101 Å². The number of carbonyl (C=O) groups excluding carboxylic acids is 2. The Morgan fingerprint density at radius 3 is 2.80 bits per heavy atom. The summed E-state index contributed by atoms with van der Waals surface area (Å²) >= 11 is 2.10. The molecule has 15 heavy (non-hydrogen) atoms. The number of hydrogen-bond donors (Lipinski definition) is 0. The van der Waals surface area contributed by atoms with E-state index in [1.807, 2.05) is 0 Å². The standard InChI is InChI=1S/C10H10INO3/c1-15-10(14)3-2-9(13)8-6-7(11)4-5-12-8/h4-6H,2-3H2,1H3. The van der Waals surface area contributed by atoms with Crippen LogP contribution in [0.1, 0.15) is 23.3 Å². The highest BCUT2D eigenvalue weighted by Gasteiger charge is 2.10. The van der Waals surface area contributed by atoms with Crippen LogP contribution in [0.4, 0.5) is 0 Å². The first-order chi connectivity index (χ1) is 7.13. The molecular weight excluding hydrogens is 309 g/mol. The van der Waals surface area contributed by atoms with E-state index in [2.05, 4.69) is 32.3 Å². The number of pyridine rings is 1. The van der Waals surface area contributed by atoms with Crippen molar-refractivity contribution in [2.45, 2.75) is 12.8 Å². The molecule has 1 aromatic heterocycles. The van der Waals surface area contributed by atoms with Gasteiger partial charge in [-0.05, 0) is 34.7 Å². The van der Waals surface area contributed by atoms with Crippen LogP contribution < -0.4 is 0 Å². The van der Waals surface area contributed by atoms with Crippen molar-refractivity contribution >= 4 is 34.3 Å². The van der Waals surface area contributed by atoms with Crippen molar-refractivity contribution in [2.24, 2.45) is 0 Å². The van der Waals surface area contributed by atoms with E-state index in [1.54, 1.807) is 18.3 Å². The van der Waals surface area contributed by atoms with Gasteiger partial charge in [0.25, 0.3) is 0 Å². The molecule has 0 aliphatic rings. The Balaban J connectivity index is 2.58. The minimum absolute atomic E-state index is 0.0997. The molecule has 80 valence electrons. The molecule has 0 aliphatic heterocycles. The van der Waals surface area contributed by atoms with Crippen LogP contribution in [0.2, 0.25) is 0 Å². The molecule has 0 N–H and O–H groups in total. The van der Waals surface area contributed by atoms with Crippen molar-refractivity contribution in [1.29, 1.82) is 0 Å². The first-order valence-corrected chi connectivity index (χ1v) is 5.43. The maximum Gasteiger partial charge on any atom is 0.305 e. The molecule has 0 unspecified atom stereocenters. The van der Waals surface area contributed by atoms with Crippen molar-refractivity contribution in [2.75, 3.05) is 7.11 Å². The van der Waals surface area contributed by atoms with Gasteiger partial charge in [0.05, 0.1) is 13.5 Å². The van der Waals surface area contributed by atoms with Crippen molar-refractivity contribution in [3.63, 3.8) is 0 Å². The van der Waals surface area contributed by atoms with Gasteiger partial charge in [-0.2, -0.15) is 0 Å². The molecule has 5 heteroatoms. The van der Waals surface area contributed by atoms with Gasteiger partial charge in [-0.3, -0.25) is 14.6 Å². The molecular formula is C10H10INO3. The molecule has 0 fully saturated rings. The van der Waals surface area contributed by atoms with Crippen LogP contribution in [0.3, 0.4) is 0 Å². The molecule has 1 rings (SSSR count). The second kappa shape index (κ2) is 5.79. The van der Waals surface area contributed by atoms with Gasteiger partial charge in [0.2, 0.25) is 0 Å². The zero-order valence-corrected chi connectivity index (χ0v) is 10.4. The van der Waals surface area contributed by atoms with E-state index < -0.39 is 0 Å². The number of ether oxygens (including phenoxy) is 1. The van der Waals surface area contributed by atoms with E-state index in [0.29, 0.717) is 5.69 Å². The van der Waals surface area contributed by atoms with Crippen LogP contribution in [-0.2, 0) is 9.53 Å². The third-order valence-electron chi connectivity index (χ3n) is 1.79. The van der Waals surface area contributed by atoms with Gasteiger partial charge < -0.3 is 4.74 Å². The fourth-order valence-corrected chi connectivity index (χ4v) is 1.46. The topological polar surface area (TPSA) is 56.3 Å². The second-order valence-electron chi connectivity index (χ2n) is 2.86. The molecule has 0 saturated heterocycles. The molecule has 0 radical (unpaired) electrons. The minimum atomic E-state index is -0.381. The monoisotopic (exact) mass is 319 g/mol. The van der Waals surface area contributed by atoms with Gasteiger partial charge in [0, 0.05) is 16.2 Å². The molecule has 0 aliphatic carbocycles. The molecule has 0 bridgehead atoms. The zero-order chi connectivity index (χ0) is 11.3. The van der Waals surface area contributed by atoms with Gasteiger partial charge in [0.1, 0.15) is 5.69 Å². The highest BCUT2D eigenvalue weighted by molar-refractivity contribution is 14.1. The highest BCUT2D eigenvalue weighted by atomic mass is 127. The summed E-state index contributed by atoms with van der Waals surface area (Å²) in [5, 5.41) is 0. The summed E-state index contributed by atoms with van der Waals surface area (Å²) in [6.45, 7) is 0. The smallest absolute Gasteiger partial charge is 0.305 e. The predicted molar refractivity (Wildman–Crippen MR) is 62.5 cm³/mol. The third-order valence-corrected chi connectivity index (χ3v) is 2.46. The highest BCUT2D eigenvalue weighted by Crippen LogP contribution is 2.08. The summed E-state index contributed by atoms with van der Waals surface area (Å²) in [4.78, 5) is 26.3. The lowest BCUT2D eigenvalue weighted by Gasteiger charge is -2.00. The first-order valence-electron chi connectivity index (χ1n) is 4.35. The summed E-state index contributed by atoms with van der Waals surface area (Å²) in [5.74, 6) is -0.520. The van der Waals surface area contributed by atoms with Crippen molar-refractivity contribution < 1.29 is 14.3 Å². The number of rotatable bonds is 4. The van der Waals surface area contributed by atoms with E-state index in [0.717, 1.165) is 3.57 Å². The van der Waals surface area contributed by atoms with E-state index in [4.69, 9.17) is 0 Å². The fraction of sp³-hybridized carbons (Fsp3) is 0.300. The SMILES string of the molecule is COC(=O)CCC(=O)c1cc(I)ccn1. The number of Topliss-reactive ketones (excluding diaryl/α,β-unsaturated/α-hetero) is 1. The molecule has 1 heterocycles. The average molecular weight is 319 g/mol. The largest absolute Gasteiger partial charge is 0.469 e. The van der Waals surface area contributed by atoms with E-state index in [1.165, 1.54) is 7.11 Å². The third kappa shape index (κ3) is 3.94. The molecule has 1 aromatic rings. The van der Waals surface area contributed by atoms with Crippen LogP contribution >= 0.6 is 22.6 Å². The van der Waals surface area contributed by atoms with Gasteiger partial charge in [-0.15, -0.1) is 0 Å². The van der Waals surface area contributed by atoms with Crippen LogP contribution in [0.5, 0.6) is 0 Å². The number of hydrogen-bond acceptors (Lipinski definition) is 4. The summed E-state index contributed by atoms with van der Waals surface area (Å²) in [6.07, 6.45) is 1.81. The minimum Gasteiger partial charge on any atom is -0.469 e. The number of nitrogens with zero attached hydrogens (tertiary/aromatic N) is 1. The van der Waals surface area contributed by atoms with E-state index >= 15 is 0 Å². The molecule has 0 aromatic carbocycles. The lowest BCUT2D eigenvalue weighted by Crippen LogP contribution is -2.07. The second-order valence-corrected chi connectivity index (χ2v) is 4.10. The predicted octanol–water partition coefficient (Wildman–Crippen LogP) is 1.82. The lowest BCUT2D eigenvalue weighted by atomic mass is 10.1. The lowest BCUT2D eigenvalue weighted by molar-refractivity contribution is -0.140. The van der Waals surface area contributed by atoms with Crippen LogP contribution in [0.15, 0.2) is 18.3 Å². The van der Waals surface area contributed by atoms with Crippen molar-refractivity contribution in [3.8, 4) is 0 Å². The average Bonchev–Trinajstić information content (AvgIpc) is 2.25. The summed E-state index contributed by atoms with van der Waals surface area (Å²) in [7, 11) is 1.30. The molecule has 0 saturated carbocycles. The Hall–Kier alpha value is -0.980. The maximum absolute atomic E-state index is 11.5. The van der Waals surface area contributed by atoms with Crippen molar-refractivity contribution in [3.05, 3.63) is 27.6 Å². The molecule has 4 nitrogen and oxygen atoms in total. The molecule has 0 amide bonds. The van der Waals surface area contributed by atoms with Gasteiger partial charge >= 0.3 is 5.97 Å². The number of aromatic nitrogens is 1. The van der Waals surface area contributed by atoms with E-state index in [9.17, 15) is 9.59 Å². The summed E-state index contributed by atoms with van der Waals surface area (Å²) in [5.41, 5.74) is 0.394. The number of carbonyl (C=O) groups is 2. The number of halogens is 1. The number of esters is 1. The van der Waals surface area contributed by atoms with Gasteiger partial charge in [0.15, 0.2) is 5.78 Å². The van der Waals surface area contributed by atoms with Crippen molar-refractivity contribution in [1.82, 2.24) is 4.98 Å². The first kappa shape index (κ1) is 12.1. The number of methoxy groups -OCH3 is 1. The Morgan fingerprint density at radius 2 is 2.20 bits per heavy atom. The fourth-order valence-electron chi connectivity index (χ4n) is 1.00. The number of ketones is 1. The Morgan fingerprint density at radius 1 is 1.47 bits per heavy atom. The van der Waals surface area contributed by atoms with Crippen LogP contribution in [-0.4, -0.2) is 23.8 Å². The summed E-state index contributed by atoms with van der Waals surface area (Å²) < 4.78 is 5.40. The molecule has 0 spiro atoms. The Bertz CT molecular complexity index is 379. The Kier molecular flexibility index (Phi) is 4.67. The van der Waals surface area contributed by atoms with Crippen LogP contribution in [0.25, 0.3) is 0 Å². The summed E-state index contributed by atoms with van der Waals surface area (Å²) in [6, 6.07) is 3.50.